The van der Waals surface area contributed by atoms with Crippen LogP contribution in [0.2, 0.25) is 0 Å². The number of rotatable bonds is 4. The van der Waals surface area contributed by atoms with Crippen molar-refractivity contribution in [2.45, 2.75) is 25.6 Å². The number of likely N-dealkylation sites (tertiary alicyclic amines) is 1. The summed E-state index contributed by atoms with van der Waals surface area (Å²) in [5.74, 6) is -4.40. The fourth-order valence-corrected chi connectivity index (χ4v) is 3.69. The highest BCUT2D eigenvalue weighted by atomic mass is 79.9. The van der Waals surface area contributed by atoms with E-state index in [4.69, 9.17) is 9.15 Å². The van der Waals surface area contributed by atoms with E-state index < -0.39 is 48.9 Å². The molecule has 0 aliphatic carbocycles. The van der Waals surface area contributed by atoms with Crippen LogP contribution in [0, 0.1) is 11.8 Å². The largest absolute Gasteiger partial charge is 0.467 e. The van der Waals surface area contributed by atoms with Gasteiger partial charge in [-0.1, -0.05) is 0 Å². The summed E-state index contributed by atoms with van der Waals surface area (Å²) in [5.41, 5.74) is -0.0322. The zero-order valence-corrected chi connectivity index (χ0v) is 16.9. The van der Waals surface area contributed by atoms with Gasteiger partial charge in [-0.25, -0.2) is 4.98 Å². The predicted octanol–water partition coefficient (Wildman–Crippen LogP) is 4.38. The van der Waals surface area contributed by atoms with Gasteiger partial charge in [-0.2, -0.15) is 13.2 Å². The van der Waals surface area contributed by atoms with E-state index in [1.165, 1.54) is 24.6 Å². The maximum absolute atomic E-state index is 13.6. The number of esters is 1. The summed E-state index contributed by atoms with van der Waals surface area (Å²) >= 11 is 3.20. The number of hydrogen-bond acceptors (Lipinski definition) is 5. The summed E-state index contributed by atoms with van der Waals surface area (Å²) in [6.07, 6.45) is -2.35. The van der Waals surface area contributed by atoms with Crippen molar-refractivity contribution < 1.29 is 31.9 Å². The first-order chi connectivity index (χ1) is 13.7. The summed E-state index contributed by atoms with van der Waals surface area (Å²) in [6, 6.07) is 5.02. The van der Waals surface area contributed by atoms with E-state index in [9.17, 15) is 22.8 Å². The van der Waals surface area contributed by atoms with E-state index in [0.29, 0.717) is 4.47 Å². The van der Waals surface area contributed by atoms with Gasteiger partial charge in [0.15, 0.2) is 0 Å². The molecule has 1 aliphatic rings. The SMILES string of the molecule is CCOC(=O)C1CC(C(F)(F)F)CN(C(=O)c2ccc(Br)cn2)C1c1ccco1. The molecule has 156 valence electrons. The number of amides is 1. The number of aromatic nitrogens is 1. The van der Waals surface area contributed by atoms with E-state index in [2.05, 4.69) is 20.9 Å². The predicted molar refractivity (Wildman–Crippen MR) is 98.7 cm³/mol. The third-order valence-corrected chi connectivity index (χ3v) is 5.24. The Kier molecular flexibility index (Phi) is 6.30. The summed E-state index contributed by atoms with van der Waals surface area (Å²) < 4.78 is 51.8. The third kappa shape index (κ3) is 4.63. The number of ether oxygens (including phenoxy) is 1. The first-order valence-corrected chi connectivity index (χ1v) is 9.71. The highest BCUT2D eigenvalue weighted by Gasteiger charge is 2.52. The molecule has 0 radical (unpaired) electrons. The zero-order chi connectivity index (χ0) is 21.2. The minimum Gasteiger partial charge on any atom is -0.467 e. The number of furan rings is 1. The lowest BCUT2D eigenvalue weighted by Gasteiger charge is -2.43. The van der Waals surface area contributed by atoms with Crippen LogP contribution < -0.4 is 0 Å². The maximum Gasteiger partial charge on any atom is 0.393 e. The highest BCUT2D eigenvalue weighted by Crippen LogP contribution is 2.45. The van der Waals surface area contributed by atoms with E-state index >= 15 is 0 Å². The quantitative estimate of drug-likeness (QED) is 0.614. The van der Waals surface area contributed by atoms with Crippen molar-refractivity contribution in [3.63, 3.8) is 0 Å². The molecule has 0 N–H and O–H groups in total. The van der Waals surface area contributed by atoms with Crippen molar-refractivity contribution in [3.8, 4) is 0 Å². The van der Waals surface area contributed by atoms with Crippen LogP contribution in [0.4, 0.5) is 13.2 Å². The zero-order valence-electron chi connectivity index (χ0n) is 15.4. The lowest BCUT2D eigenvalue weighted by Crippen LogP contribution is -2.52. The molecule has 0 spiro atoms. The number of pyridine rings is 1. The molecule has 2 aromatic rings. The van der Waals surface area contributed by atoms with Crippen LogP contribution in [0.3, 0.4) is 0 Å². The standard InChI is InChI=1S/C19H18BrF3N2O4/c1-2-28-18(27)13-8-11(19(21,22)23)10-25(16(13)15-4-3-7-29-15)17(26)14-6-5-12(20)9-24-14/h3-7,9,11,13,16H,2,8,10H2,1H3. The van der Waals surface area contributed by atoms with Crippen molar-refractivity contribution in [1.82, 2.24) is 9.88 Å². The number of alkyl halides is 3. The number of carbonyl (C=O) groups is 2. The minimum absolute atomic E-state index is 0.0130. The normalized spacial score (nSPS) is 22.4. The number of hydrogen-bond donors (Lipinski definition) is 0. The van der Waals surface area contributed by atoms with Gasteiger partial charge in [0.25, 0.3) is 5.91 Å². The van der Waals surface area contributed by atoms with Crippen LogP contribution in [0.25, 0.3) is 0 Å². The molecule has 29 heavy (non-hydrogen) atoms. The van der Waals surface area contributed by atoms with Crippen LogP contribution in [-0.2, 0) is 9.53 Å². The molecule has 1 saturated heterocycles. The summed E-state index contributed by atoms with van der Waals surface area (Å²) in [5, 5.41) is 0. The van der Waals surface area contributed by atoms with E-state index in [-0.39, 0.29) is 18.1 Å². The summed E-state index contributed by atoms with van der Waals surface area (Å²) in [6.45, 7) is 0.971. The van der Waals surface area contributed by atoms with Gasteiger partial charge >= 0.3 is 12.1 Å². The van der Waals surface area contributed by atoms with Gasteiger partial charge in [0.2, 0.25) is 0 Å². The fourth-order valence-electron chi connectivity index (χ4n) is 3.46. The Morgan fingerprint density at radius 3 is 2.66 bits per heavy atom. The molecular formula is C19H18BrF3N2O4. The molecule has 6 nitrogen and oxygen atoms in total. The van der Waals surface area contributed by atoms with E-state index in [1.54, 1.807) is 19.1 Å². The Morgan fingerprint density at radius 1 is 1.34 bits per heavy atom. The van der Waals surface area contributed by atoms with Crippen LogP contribution in [0.1, 0.15) is 35.6 Å². The van der Waals surface area contributed by atoms with E-state index in [0.717, 1.165) is 4.90 Å². The second-order valence-corrected chi connectivity index (χ2v) is 7.53. The van der Waals surface area contributed by atoms with Gasteiger partial charge in [-0.05, 0) is 53.5 Å². The smallest absolute Gasteiger partial charge is 0.393 e. The van der Waals surface area contributed by atoms with Crippen LogP contribution in [-0.4, -0.2) is 41.1 Å². The van der Waals surface area contributed by atoms with Crippen LogP contribution >= 0.6 is 15.9 Å². The van der Waals surface area contributed by atoms with Gasteiger partial charge in [0.1, 0.15) is 17.5 Å². The van der Waals surface area contributed by atoms with Gasteiger partial charge in [-0.15, -0.1) is 0 Å². The summed E-state index contributed by atoms with van der Waals surface area (Å²) in [7, 11) is 0. The Bertz CT molecular complexity index is 855. The first-order valence-electron chi connectivity index (χ1n) is 8.91. The molecule has 1 amide bonds. The fraction of sp³-hybridized carbons (Fsp3) is 0.421. The average molecular weight is 475 g/mol. The average Bonchev–Trinajstić information content (AvgIpc) is 3.21. The second-order valence-electron chi connectivity index (χ2n) is 6.61. The molecule has 1 fully saturated rings. The van der Waals surface area contributed by atoms with Gasteiger partial charge in [0.05, 0.1) is 24.7 Å². The first kappa shape index (κ1) is 21.4. The van der Waals surface area contributed by atoms with Crippen LogP contribution in [0.15, 0.2) is 45.6 Å². The molecular weight excluding hydrogens is 457 g/mol. The van der Waals surface area contributed by atoms with Crippen molar-refractivity contribution in [2.75, 3.05) is 13.2 Å². The summed E-state index contributed by atoms with van der Waals surface area (Å²) in [4.78, 5) is 30.6. The van der Waals surface area contributed by atoms with E-state index in [1.807, 2.05) is 0 Å². The number of halogens is 4. The Labute approximate surface area is 173 Å². The molecule has 3 atom stereocenters. The van der Waals surface area contributed by atoms with Gasteiger partial charge in [0, 0.05) is 17.2 Å². The number of carbonyl (C=O) groups excluding carboxylic acids is 2. The van der Waals surface area contributed by atoms with Crippen molar-refractivity contribution in [2.24, 2.45) is 11.8 Å². The monoisotopic (exact) mass is 474 g/mol. The van der Waals surface area contributed by atoms with Gasteiger partial charge in [-0.3, -0.25) is 9.59 Å². The molecule has 10 heteroatoms. The third-order valence-electron chi connectivity index (χ3n) is 4.77. The molecule has 1 aliphatic heterocycles. The molecule has 3 rings (SSSR count). The molecule has 0 aromatic carbocycles. The van der Waals surface area contributed by atoms with Crippen molar-refractivity contribution >= 4 is 27.8 Å². The maximum atomic E-state index is 13.6. The lowest BCUT2D eigenvalue weighted by molar-refractivity contribution is -0.198. The Balaban J connectivity index is 2.05. The van der Waals surface area contributed by atoms with Crippen molar-refractivity contribution in [1.29, 1.82) is 0 Å². The Hall–Kier alpha value is -2.36. The molecule has 0 saturated carbocycles. The molecule has 3 unspecified atom stereocenters. The lowest BCUT2D eigenvalue weighted by atomic mass is 9.81. The van der Waals surface area contributed by atoms with Gasteiger partial charge < -0.3 is 14.1 Å². The molecule has 3 heterocycles. The number of nitrogens with zero attached hydrogens (tertiary/aromatic N) is 2. The molecule has 0 bridgehead atoms. The number of piperidine rings is 1. The Morgan fingerprint density at radius 2 is 2.10 bits per heavy atom. The topological polar surface area (TPSA) is 72.6 Å². The van der Waals surface area contributed by atoms with Crippen LogP contribution in [0.5, 0.6) is 0 Å². The highest BCUT2D eigenvalue weighted by molar-refractivity contribution is 9.10. The minimum atomic E-state index is -4.58. The van der Waals surface area contributed by atoms with Crippen molar-refractivity contribution in [3.05, 3.63) is 52.7 Å². The molecule has 2 aromatic heterocycles. The second kappa shape index (κ2) is 8.56.